The van der Waals surface area contributed by atoms with E-state index in [1.165, 1.54) is 45.0 Å². The predicted octanol–water partition coefficient (Wildman–Crippen LogP) is 4.52. The minimum Gasteiger partial charge on any atom is -0.403 e. The van der Waals surface area contributed by atoms with Gasteiger partial charge in [0.1, 0.15) is 0 Å². The highest BCUT2D eigenvalue weighted by Crippen LogP contribution is 2.28. The van der Waals surface area contributed by atoms with Crippen LogP contribution in [0.15, 0.2) is 42.5 Å². The van der Waals surface area contributed by atoms with Gasteiger partial charge in [-0.3, -0.25) is 9.52 Å². The number of amides is 1. The smallest absolute Gasteiger partial charge is 0.403 e. The van der Waals surface area contributed by atoms with E-state index in [4.69, 9.17) is 0 Å². The third kappa shape index (κ3) is 6.08. The summed E-state index contributed by atoms with van der Waals surface area (Å²) >= 11 is 0. The molecule has 0 saturated heterocycles. The van der Waals surface area contributed by atoms with Crippen molar-refractivity contribution >= 4 is 27.3 Å². The monoisotopic (exact) mass is 434 g/mol. The van der Waals surface area contributed by atoms with Gasteiger partial charge in [-0.1, -0.05) is 0 Å². The summed E-state index contributed by atoms with van der Waals surface area (Å²) in [5.41, 5.74) is 0.221. The molecule has 158 valence electrons. The summed E-state index contributed by atoms with van der Waals surface area (Å²) in [4.78, 5) is 12.2. The van der Waals surface area contributed by atoms with E-state index in [2.05, 4.69) is 14.8 Å². The van der Waals surface area contributed by atoms with E-state index >= 15 is 0 Å². The lowest BCUT2D eigenvalue weighted by Crippen LogP contribution is -2.33. The number of alkyl halides is 3. The standard InChI is InChI=1S/C18H18F4N2O4S/c1-17(2,3)29(26,27)24-12-6-4-11(5-7-12)16(25)23-13-8-9-14(19)15(10-13)28-18(20,21)22/h4-10,24H,1-3H3,(H,23,25). The van der Waals surface area contributed by atoms with Crippen LogP contribution < -0.4 is 14.8 Å². The van der Waals surface area contributed by atoms with E-state index < -0.39 is 38.6 Å². The van der Waals surface area contributed by atoms with Crippen LogP contribution in [0.25, 0.3) is 0 Å². The molecule has 2 rings (SSSR count). The van der Waals surface area contributed by atoms with Gasteiger partial charge in [-0.05, 0) is 57.2 Å². The highest BCUT2D eigenvalue weighted by atomic mass is 32.2. The van der Waals surface area contributed by atoms with Crippen molar-refractivity contribution in [3.8, 4) is 5.75 Å². The minimum absolute atomic E-state index is 0.103. The first-order valence-corrected chi connectivity index (χ1v) is 9.65. The molecule has 11 heteroatoms. The first-order valence-electron chi connectivity index (χ1n) is 8.17. The highest BCUT2D eigenvalue weighted by molar-refractivity contribution is 7.94. The van der Waals surface area contributed by atoms with E-state index in [0.717, 1.165) is 12.1 Å². The fourth-order valence-electron chi connectivity index (χ4n) is 1.99. The maximum absolute atomic E-state index is 13.4. The van der Waals surface area contributed by atoms with Crippen molar-refractivity contribution < 1.29 is 35.5 Å². The first-order chi connectivity index (χ1) is 13.2. The molecule has 0 fully saturated rings. The Bertz CT molecular complexity index is 998. The van der Waals surface area contributed by atoms with Crippen molar-refractivity contribution in [3.63, 3.8) is 0 Å². The lowest BCUT2D eigenvalue weighted by molar-refractivity contribution is -0.275. The Balaban J connectivity index is 2.13. The Hall–Kier alpha value is -2.82. The molecule has 0 aliphatic carbocycles. The van der Waals surface area contributed by atoms with Crippen LogP contribution in [-0.2, 0) is 10.0 Å². The van der Waals surface area contributed by atoms with Crippen LogP contribution in [0.2, 0.25) is 0 Å². The zero-order valence-electron chi connectivity index (χ0n) is 15.6. The van der Waals surface area contributed by atoms with Gasteiger partial charge in [-0.2, -0.15) is 0 Å². The molecule has 0 radical (unpaired) electrons. The van der Waals surface area contributed by atoms with Gasteiger partial charge in [0.05, 0.1) is 4.75 Å². The van der Waals surface area contributed by atoms with Crippen molar-refractivity contribution in [2.45, 2.75) is 31.9 Å². The number of benzene rings is 2. The number of anilines is 2. The van der Waals surface area contributed by atoms with E-state index in [-0.39, 0.29) is 16.9 Å². The number of nitrogens with one attached hydrogen (secondary N) is 2. The first kappa shape index (κ1) is 22.5. The molecule has 2 N–H and O–H groups in total. The lowest BCUT2D eigenvalue weighted by Gasteiger charge is -2.20. The van der Waals surface area contributed by atoms with Crippen LogP contribution in [0.3, 0.4) is 0 Å². The number of rotatable bonds is 5. The molecule has 0 aromatic heterocycles. The molecular weight excluding hydrogens is 416 g/mol. The van der Waals surface area contributed by atoms with Crippen LogP contribution >= 0.6 is 0 Å². The number of halogens is 4. The summed E-state index contributed by atoms with van der Waals surface area (Å²) in [7, 11) is -3.65. The number of sulfonamides is 1. The quantitative estimate of drug-likeness (QED) is 0.678. The topological polar surface area (TPSA) is 84.5 Å². The van der Waals surface area contributed by atoms with Gasteiger partial charge in [0.15, 0.2) is 11.6 Å². The molecular formula is C18H18F4N2O4S. The molecule has 0 unspecified atom stereocenters. The fourth-order valence-corrected chi connectivity index (χ4v) is 2.74. The second kappa shape index (κ2) is 7.90. The van der Waals surface area contributed by atoms with E-state index in [1.54, 1.807) is 0 Å². The molecule has 0 spiro atoms. The third-order valence-electron chi connectivity index (χ3n) is 3.62. The summed E-state index contributed by atoms with van der Waals surface area (Å²) in [6, 6.07) is 7.87. The molecule has 2 aromatic rings. The van der Waals surface area contributed by atoms with Gasteiger partial charge >= 0.3 is 6.36 Å². The van der Waals surface area contributed by atoms with Crippen molar-refractivity contribution in [1.82, 2.24) is 0 Å². The lowest BCUT2D eigenvalue weighted by atomic mass is 10.2. The molecule has 29 heavy (non-hydrogen) atoms. The zero-order valence-corrected chi connectivity index (χ0v) is 16.4. The Labute approximate surface area is 164 Å². The Morgan fingerprint density at radius 2 is 1.52 bits per heavy atom. The van der Waals surface area contributed by atoms with Crippen LogP contribution in [0.1, 0.15) is 31.1 Å². The fraction of sp³-hybridized carbons (Fsp3) is 0.278. The number of ether oxygens (including phenoxy) is 1. The Morgan fingerprint density at radius 3 is 2.03 bits per heavy atom. The number of carbonyl (C=O) groups excluding carboxylic acids is 1. The number of hydrogen-bond donors (Lipinski definition) is 2. The molecule has 0 saturated carbocycles. The van der Waals surface area contributed by atoms with Gasteiger partial charge in [-0.15, -0.1) is 13.2 Å². The summed E-state index contributed by atoms with van der Waals surface area (Å²) in [5, 5.41) is 2.31. The van der Waals surface area contributed by atoms with E-state index in [9.17, 15) is 30.8 Å². The second-order valence-electron chi connectivity index (χ2n) is 6.94. The van der Waals surface area contributed by atoms with Gasteiger partial charge in [0.2, 0.25) is 10.0 Å². The molecule has 1 amide bonds. The Kier molecular flexibility index (Phi) is 6.12. The van der Waals surface area contributed by atoms with Crippen LogP contribution in [0, 0.1) is 5.82 Å². The summed E-state index contributed by atoms with van der Waals surface area (Å²) < 4.78 is 79.4. The van der Waals surface area contributed by atoms with Crippen molar-refractivity contribution in [2.75, 3.05) is 10.0 Å². The number of carbonyl (C=O) groups is 1. The molecule has 0 aliphatic heterocycles. The second-order valence-corrected chi connectivity index (χ2v) is 9.38. The van der Waals surface area contributed by atoms with Gasteiger partial charge in [-0.25, -0.2) is 12.8 Å². The van der Waals surface area contributed by atoms with E-state index in [1.807, 2.05) is 0 Å². The molecule has 0 atom stereocenters. The normalized spacial score (nSPS) is 12.4. The summed E-state index contributed by atoms with van der Waals surface area (Å²) in [6.45, 7) is 4.57. The maximum Gasteiger partial charge on any atom is 0.573 e. The largest absolute Gasteiger partial charge is 0.573 e. The highest BCUT2D eigenvalue weighted by Gasteiger charge is 2.32. The van der Waals surface area contributed by atoms with Crippen LogP contribution in [0.4, 0.5) is 28.9 Å². The van der Waals surface area contributed by atoms with Gasteiger partial charge < -0.3 is 10.1 Å². The molecule has 2 aromatic carbocycles. The molecule has 6 nitrogen and oxygen atoms in total. The van der Waals surface area contributed by atoms with Crippen molar-refractivity contribution in [1.29, 1.82) is 0 Å². The maximum atomic E-state index is 13.4. The SMILES string of the molecule is CC(C)(C)S(=O)(=O)Nc1ccc(C(=O)Nc2ccc(F)c(OC(F)(F)F)c2)cc1. The summed E-state index contributed by atoms with van der Waals surface area (Å²) in [6.07, 6.45) is -5.08. The molecule has 0 bridgehead atoms. The van der Waals surface area contributed by atoms with Crippen molar-refractivity contribution in [3.05, 3.63) is 53.8 Å². The average molecular weight is 434 g/mol. The molecule has 0 aliphatic rings. The van der Waals surface area contributed by atoms with Crippen molar-refractivity contribution in [2.24, 2.45) is 0 Å². The summed E-state index contributed by atoms with van der Waals surface area (Å²) in [5.74, 6) is -3.02. The third-order valence-corrected chi connectivity index (χ3v) is 5.74. The van der Waals surface area contributed by atoms with Gasteiger partial charge in [0, 0.05) is 23.0 Å². The predicted molar refractivity (Wildman–Crippen MR) is 99.8 cm³/mol. The number of hydrogen-bond acceptors (Lipinski definition) is 4. The van der Waals surface area contributed by atoms with Crippen LogP contribution in [-0.4, -0.2) is 25.4 Å². The van der Waals surface area contributed by atoms with Crippen LogP contribution in [0.5, 0.6) is 5.75 Å². The average Bonchev–Trinajstić information content (AvgIpc) is 2.56. The minimum atomic E-state index is -5.08. The Morgan fingerprint density at radius 1 is 0.966 bits per heavy atom. The van der Waals surface area contributed by atoms with E-state index in [0.29, 0.717) is 6.07 Å². The zero-order chi connectivity index (χ0) is 22.0. The molecule has 0 heterocycles. The van der Waals surface area contributed by atoms with Gasteiger partial charge in [0.25, 0.3) is 5.91 Å².